The number of nitrogens with one attached hydrogen (secondary N) is 1. The summed E-state index contributed by atoms with van der Waals surface area (Å²) in [5, 5.41) is 12.8. The smallest absolute Gasteiger partial charge is 0.316 e. The molecule has 0 fully saturated rings. The lowest BCUT2D eigenvalue weighted by Gasteiger charge is -2.07. The average molecular weight is 394 g/mol. The molecule has 0 aliphatic carbocycles. The van der Waals surface area contributed by atoms with Gasteiger partial charge in [0.25, 0.3) is 11.6 Å². The van der Waals surface area contributed by atoms with Crippen LogP contribution in [0.1, 0.15) is 0 Å². The van der Waals surface area contributed by atoms with E-state index in [4.69, 9.17) is 9.47 Å². The fourth-order valence-corrected chi connectivity index (χ4v) is 2.61. The molecule has 0 aliphatic rings. The number of nitrogens with zero attached hydrogens (tertiary/aromatic N) is 1. The molecule has 0 saturated carbocycles. The third-order valence-corrected chi connectivity index (χ3v) is 4.20. The molecule has 27 heavy (non-hydrogen) atoms. The Bertz CT molecular complexity index is 844. The summed E-state index contributed by atoms with van der Waals surface area (Å²) < 4.78 is 23.4. The van der Waals surface area contributed by atoms with Gasteiger partial charge in [-0.3, -0.25) is 19.7 Å². The van der Waals surface area contributed by atoms with Crippen LogP contribution in [0.15, 0.2) is 47.4 Å². The van der Waals surface area contributed by atoms with E-state index in [9.17, 15) is 24.1 Å². The minimum Gasteiger partial charge on any atom is -0.497 e. The number of methoxy groups -OCH3 is 1. The first-order valence-corrected chi connectivity index (χ1v) is 8.54. The van der Waals surface area contributed by atoms with Gasteiger partial charge in [-0.15, -0.1) is 11.8 Å². The minimum atomic E-state index is -0.838. The van der Waals surface area contributed by atoms with E-state index in [2.05, 4.69) is 5.32 Å². The topological polar surface area (TPSA) is 108 Å². The van der Waals surface area contributed by atoms with E-state index in [-0.39, 0.29) is 17.1 Å². The average Bonchev–Trinajstić information content (AvgIpc) is 2.66. The highest BCUT2D eigenvalue weighted by Gasteiger charge is 2.14. The molecule has 0 saturated heterocycles. The van der Waals surface area contributed by atoms with Crippen LogP contribution in [0.5, 0.6) is 5.75 Å². The molecule has 0 radical (unpaired) electrons. The number of non-ortho nitro benzene ring substituents is 1. The van der Waals surface area contributed by atoms with E-state index in [0.717, 1.165) is 23.1 Å². The molecule has 8 nitrogen and oxygen atoms in total. The minimum absolute atomic E-state index is 0.0230. The van der Waals surface area contributed by atoms with E-state index in [1.165, 1.54) is 11.8 Å². The number of carbonyl (C=O) groups excluding carboxylic acids is 2. The number of esters is 1. The summed E-state index contributed by atoms with van der Waals surface area (Å²) in [6.45, 7) is -0.635. The van der Waals surface area contributed by atoms with E-state index in [0.29, 0.717) is 5.75 Å². The van der Waals surface area contributed by atoms with Crippen LogP contribution >= 0.6 is 11.8 Å². The highest BCUT2D eigenvalue weighted by molar-refractivity contribution is 8.00. The standard InChI is InChI=1S/C17H15FN2O6S/c1-25-12-3-5-13(6-4-12)27-10-17(22)26-9-16(21)19-15-8-11(20(23)24)2-7-14(15)18/h2-8H,9-10H2,1H3,(H,19,21). The van der Waals surface area contributed by atoms with Crippen molar-refractivity contribution < 1.29 is 28.4 Å². The Morgan fingerprint density at radius 3 is 2.56 bits per heavy atom. The molecule has 0 bridgehead atoms. The van der Waals surface area contributed by atoms with Gasteiger partial charge in [-0.25, -0.2) is 4.39 Å². The van der Waals surface area contributed by atoms with Crippen molar-refractivity contribution in [3.05, 3.63) is 58.4 Å². The van der Waals surface area contributed by atoms with Crippen LogP contribution in [0.4, 0.5) is 15.8 Å². The Labute approximate surface area is 157 Å². The van der Waals surface area contributed by atoms with Gasteiger partial charge in [0.15, 0.2) is 6.61 Å². The van der Waals surface area contributed by atoms with E-state index in [1.807, 2.05) is 0 Å². The van der Waals surface area contributed by atoms with Crippen molar-refractivity contribution in [2.75, 3.05) is 24.8 Å². The van der Waals surface area contributed by atoms with Crippen LogP contribution in [0, 0.1) is 15.9 Å². The van der Waals surface area contributed by atoms with Crippen LogP contribution in [0.25, 0.3) is 0 Å². The number of carbonyl (C=O) groups is 2. The fraction of sp³-hybridized carbons (Fsp3) is 0.176. The van der Waals surface area contributed by atoms with Gasteiger partial charge >= 0.3 is 5.97 Å². The molecule has 0 atom stereocenters. The second-order valence-corrected chi connectivity index (χ2v) is 6.14. The molecule has 10 heteroatoms. The summed E-state index contributed by atoms with van der Waals surface area (Å²) >= 11 is 1.21. The SMILES string of the molecule is COc1ccc(SCC(=O)OCC(=O)Nc2cc([N+](=O)[O-])ccc2F)cc1. The van der Waals surface area contributed by atoms with Gasteiger partial charge in [0.1, 0.15) is 11.6 Å². The number of halogens is 1. The van der Waals surface area contributed by atoms with Crippen LogP contribution in [-0.4, -0.2) is 36.3 Å². The summed E-state index contributed by atoms with van der Waals surface area (Å²) in [4.78, 5) is 34.2. The Morgan fingerprint density at radius 1 is 1.22 bits per heavy atom. The van der Waals surface area contributed by atoms with Gasteiger partial charge in [0.2, 0.25) is 0 Å². The van der Waals surface area contributed by atoms with Gasteiger partial charge in [-0.1, -0.05) is 0 Å². The summed E-state index contributed by atoms with van der Waals surface area (Å²) in [5.74, 6) is -1.62. The Balaban J connectivity index is 1.80. The molecule has 142 valence electrons. The molecule has 0 heterocycles. The molecule has 1 N–H and O–H groups in total. The Kier molecular flexibility index (Phi) is 7.12. The van der Waals surface area contributed by atoms with Crippen LogP contribution in [-0.2, 0) is 14.3 Å². The lowest BCUT2D eigenvalue weighted by Crippen LogP contribution is -2.22. The maximum absolute atomic E-state index is 13.6. The number of amides is 1. The van der Waals surface area contributed by atoms with Crippen molar-refractivity contribution in [2.45, 2.75) is 4.90 Å². The van der Waals surface area contributed by atoms with Crippen LogP contribution < -0.4 is 10.1 Å². The zero-order chi connectivity index (χ0) is 19.8. The van der Waals surface area contributed by atoms with Gasteiger partial charge in [-0.2, -0.15) is 0 Å². The van der Waals surface area contributed by atoms with Gasteiger partial charge in [0.05, 0.1) is 23.5 Å². The summed E-state index contributed by atoms with van der Waals surface area (Å²) in [7, 11) is 1.55. The number of hydrogen-bond acceptors (Lipinski definition) is 7. The molecule has 2 rings (SSSR count). The maximum Gasteiger partial charge on any atom is 0.316 e. The van der Waals surface area contributed by atoms with Crippen molar-refractivity contribution in [3.63, 3.8) is 0 Å². The lowest BCUT2D eigenvalue weighted by atomic mass is 10.2. The van der Waals surface area contributed by atoms with E-state index < -0.39 is 29.2 Å². The first kappa shape index (κ1) is 20.2. The van der Waals surface area contributed by atoms with Crippen LogP contribution in [0.3, 0.4) is 0 Å². The number of rotatable bonds is 8. The van der Waals surface area contributed by atoms with Gasteiger partial charge in [-0.05, 0) is 30.3 Å². The predicted molar refractivity (Wildman–Crippen MR) is 96.4 cm³/mol. The lowest BCUT2D eigenvalue weighted by molar-refractivity contribution is -0.384. The van der Waals surface area contributed by atoms with Gasteiger partial charge < -0.3 is 14.8 Å². The maximum atomic E-state index is 13.6. The van der Waals surface area contributed by atoms with Crippen LogP contribution in [0.2, 0.25) is 0 Å². The van der Waals surface area contributed by atoms with Crippen molar-refractivity contribution >= 4 is 35.0 Å². The highest BCUT2D eigenvalue weighted by atomic mass is 32.2. The molecule has 0 spiro atoms. The number of ether oxygens (including phenoxy) is 2. The third kappa shape index (κ3) is 6.26. The molecule has 1 amide bonds. The molecular formula is C17H15FN2O6S. The second-order valence-electron chi connectivity index (χ2n) is 5.09. The zero-order valence-corrected chi connectivity index (χ0v) is 15.0. The molecule has 2 aromatic rings. The molecule has 0 aliphatic heterocycles. The second kappa shape index (κ2) is 9.53. The van der Waals surface area contributed by atoms with Crippen molar-refractivity contribution in [1.29, 1.82) is 0 Å². The summed E-state index contributed by atoms with van der Waals surface area (Å²) in [5.41, 5.74) is -0.738. The molecule has 0 aromatic heterocycles. The zero-order valence-electron chi connectivity index (χ0n) is 14.1. The normalized spacial score (nSPS) is 10.1. The largest absolute Gasteiger partial charge is 0.497 e. The number of nitro groups is 1. The fourth-order valence-electron chi connectivity index (χ4n) is 1.91. The number of anilines is 1. The summed E-state index contributed by atoms with van der Waals surface area (Å²) in [6.07, 6.45) is 0. The monoisotopic (exact) mass is 394 g/mol. The number of hydrogen-bond donors (Lipinski definition) is 1. The third-order valence-electron chi connectivity index (χ3n) is 3.22. The first-order valence-electron chi connectivity index (χ1n) is 7.55. The van der Waals surface area contributed by atoms with E-state index in [1.54, 1.807) is 31.4 Å². The van der Waals surface area contributed by atoms with Crippen molar-refractivity contribution in [2.24, 2.45) is 0 Å². The van der Waals surface area contributed by atoms with Gasteiger partial charge in [0, 0.05) is 17.0 Å². The molecule has 0 unspecified atom stereocenters. The Morgan fingerprint density at radius 2 is 1.93 bits per heavy atom. The predicted octanol–water partition coefficient (Wildman–Crippen LogP) is 3.02. The van der Waals surface area contributed by atoms with E-state index >= 15 is 0 Å². The quantitative estimate of drug-likeness (QED) is 0.317. The Hall–Kier alpha value is -3.14. The summed E-state index contributed by atoms with van der Waals surface area (Å²) in [6, 6.07) is 9.76. The number of benzene rings is 2. The molecule has 2 aromatic carbocycles. The van der Waals surface area contributed by atoms with Crippen molar-refractivity contribution in [3.8, 4) is 5.75 Å². The molecular weight excluding hydrogens is 379 g/mol. The van der Waals surface area contributed by atoms with Crippen molar-refractivity contribution in [1.82, 2.24) is 0 Å². The number of nitro benzene ring substituents is 1. The number of thioether (sulfide) groups is 1. The first-order chi connectivity index (χ1) is 12.9. The highest BCUT2D eigenvalue weighted by Crippen LogP contribution is 2.22.